The fourth-order valence-corrected chi connectivity index (χ4v) is 3.29. The fraction of sp³-hybridized carbons (Fsp3) is 0.900. The highest BCUT2D eigenvalue weighted by atomic mass is 16.1. The topological polar surface area (TPSA) is 20.3 Å². The SMILES string of the molecule is O=C1CC2CCN3CCC1CC23. The standard InChI is InChI=1S/C10H15NO/c12-10-6-7-1-3-11-4-2-8(10)5-9(7)11/h7-9H,1-6H2. The predicted molar refractivity (Wildman–Crippen MR) is 45.8 cm³/mol. The summed E-state index contributed by atoms with van der Waals surface area (Å²) in [6.07, 6.45) is 4.50. The van der Waals surface area contributed by atoms with Crippen molar-refractivity contribution < 1.29 is 4.79 Å². The zero-order valence-corrected chi connectivity index (χ0v) is 7.33. The molecule has 2 saturated heterocycles. The quantitative estimate of drug-likeness (QED) is 0.535. The number of Topliss-reactive ketones (excluding diaryl/α,β-unsaturated/α-hetero) is 1. The molecule has 2 heterocycles. The van der Waals surface area contributed by atoms with Crippen molar-refractivity contribution in [3.8, 4) is 0 Å². The summed E-state index contributed by atoms with van der Waals surface area (Å²) in [4.78, 5) is 14.2. The second-order valence-electron chi connectivity index (χ2n) is 4.54. The summed E-state index contributed by atoms with van der Waals surface area (Å²) >= 11 is 0. The van der Waals surface area contributed by atoms with Gasteiger partial charge in [-0.15, -0.1) is 0 Å². The molecule has 0 N–H and O–H groups in total. The first-order chi connectivity index (χ1) is 5.84. The van der Waals surface area contributed by atoms with E-state index in [4.69, 9.17) is 0 Å². The van der Waals surface area contributed by atoms with Crippen LogP contribution in [0.5, 0.6) is 0 Å². The van der Waals surface area contributed by atoms with E-state index in [1.54, 1.807) is 0 Å². The van der Waals surface area contributed by atoms with E-state index < -0.39 is 0 Å². The molecular formula is C10H15NO. The Morgan fingerprint density at radius 1 is 1.25 bits per heavy atom. The molecular weight excluding hydrogens is 150 g/mol. The molecule has 3 unspecified atom stereocenters. The van der Waals surface area contributed by atoms with Crippen molar-refractivity contribution in [2.75, 3.05) is 13.1 Å². The van der Waals surface area contributed by atoms with Crippen molar-refractivity contribution in [2.24, 2.45) is 11.8 Å². The van der Waals surface area contributed by atoms with Gasteiger partial charge in [0.05, 0.1) is 0 Å². The Balaban J connectivity index is 1.91. The van der Waals surface area contributed by atoms with Crippen LogP contribution in [-0.4, -0.2) is 29.8 Å². The Morgan fingerprint density at radius 3 is 3.00 bits per heavy atom. The molecule has 0 radical (unpaired) electrons. The van der Waals surface area contributed by atoms with Crippen LogP contribution < -0.4 is 0 Å². The number of ketones is 1. The predicted octanol–water partition coefficient (Wildman–Crippen LogP) is 1.06. The van der Waals surface area contributed by atoms with Gasteiger partial charge in [0.1, 0.15) is 5.78 Å². The van der Waals surface area contributed by atoms with Crippen molar-refractivity contribution >= 4 is 5.78 Å². The summed E-state index contributed by atoms with van der Waals surface area (Å²) in [5.41, 5.74) is 0. The van der Waals surface area contributed by atoms with Gasteiger partial charge in [0.25, 0.3) is 0 Å². The van der Waals surface area contributed by atoms with Crippen LogP contribution in [0.1, 0.15) is 25.7 Å². The van der Waals surface area contributed by atoms with Gasteiger partial charge in [-0.05, 0) is 38.3 Å². The van der Waals surface area contributed by atoms with E-state index in [-0.39, 0.29) is 0 Å². The zero-order valence-electron chi connectivity index (χ0n) is 7.33. The number of carbonyl (C=O) groups excluding carboxylic acids is 1. The van der Waals surface area contributed by atoms with E-state index in [0.717, 1.165) is 24.8 Å². The average molecular weight is 165 g/mol. The summed E-state index contributed by atoms with van der Waals surface area (Å²) in [7, 11) is 0. The smallest absolute Gasteiger partial charge is 0.136 e. The molecule has 12 heavy (non-hydrogen) atoms. The van der Waals surface area contributed by atoms with Crippen molar-refractivity contribution in [1.82, 2.24) is 4.90 Å². The monoisotopic (exact) mass is 165 g/mol. The van der Waals surface area contributed by atoms with Crippen LogP contribution in [0.3, 0.4) is 0 Å². The number of piperidine rings is 1. The first kappa shape index (κ1) is 7.07. The van der Waals surface area contributed by atoms with E-state index in [9.17, 15) is 4.79 Å². The first-order valence-electron chi connectivity index (χ1n) is 5.11. The third-order valence-electron chi connectivity index (χ3n) is 4.01. The first-order valence-corrected chi connectivity index (χ1v) is 5.11. The molecule has 3 fully saturated rings. The Kier molecular flexibility index (Phi) is 1.37. The Hall–Kier alpha value is -0.370. The van der Waals surface area contributed by atoms with Crippen molar-refractivity contribution in [3.63, 3.8) is 0 Å². The van der Waals surface area contributed by atoms with Crippen molar-refractivity contribution in [3.05, 3.63) is 0 Å². The van der Waals surface area contributed by atoms with Gasteiger partial charge < -0.3 is 4.90 Å². The molecule has 3 rings (SSSR count). The highest BCUT2D eigenvalue weighted by Gasteiger charge is 2.45. The van der Waals surface area contributed by atoms with Gasteiger partial charge in [0.15, 0.2) is 0 Å². The number of rotatable bonds is 0. The molecule has 3 aliphatic rings. The second-order valence-corrected chi connectivity index (χ2v) is 4.54. The number of carbonyl (C=O) groups is 1. The molecule has 0 aromatic rings. The van der Waals surface area contributed by atoms with Crippen LogP contribution in [0.2, 0.25) is 0 Å². The Bertz CT molecular complexity index is 226. The maximum atomic E-state index is 11.6. The normalized spacial score (nSPS) is 46.7. The van der Waals surface area contributed by atoms with E-state index >= 15 is 0 Å². The third kappa shape index (κ3) is 0.817. The lowest BCUT2D eigenvalue weighted by Crippen LogP contribution is -2.46. The van der Waals surface area contributed by atoms with Gasteiger partial charge in [-0.25, -0.2) is 0 Å². The highest BCUT2D eigenvalue weighted by Crippen LogP contribution is 2.41. The number of hydrogen-bond acceptors (Lipinski definition) is 2. The van der Waals surface area contributed by atoms with E-state index in [2.05, 4.69) is 4.90 Å². The average Bonchev–Trinajstić information content (AvgIpc) is 2.50. The lowest BCUT2D eigenvalue weighted by Gasteiger charge is -2.40. The molecule has 2 heteroatoms. The maximum Gasteiger partial charge on any atom is 0.136 e. The van der Waals surface area contributed by atoms with Gasteiger partial charge >= 0.3 is 0 Å². The van der Waals surface area contributed by atoms with E-state index in [1.807, 2.05) is 0 Å². The number of hydrogen-bond donors (Lipinski definition) is 0. The molecule has 0 aromatic heterocycles. The van der Waals surface area contributed by atoms with Gasteiger partial charge in [-0.3, -0.25) is 4.79 Å². The summed E-state index contributed by atoms with van der Waals surface area (Å²) in [6.45, 7) is 2.45. The fourth-order valence-electron chi connectivity index (χ4n) is 3.29. The van der Waals surface area contributed by atoms with Crippen LogP contribution in [0.25, 0.3) is 0 Å². The Labute approximate surface area is 72.9 Å². The molecule has 2 aliphatic heterocycles. The zero-order chi connectivity index (χ0) is 8.13. The molecule has 2 bridgehead atoms. The lowest BCUT2D eigenvalue weighted by atomic mass is 9.74. The summed E-state index contributed by atoms with van der Waals surface area (Å²) < 4.78 is 0. The van der Waals surface area contributed by atoms with E-state index in [1.165, 1.54) is 25.9 Å². The Morgan fingerprint density at radius 2 is 2.08 bits per heavy atom. The minimum Gasteiger partial charge on any atom is -0.300 e. The largest absolute Gasteiger partial charge is 0.300 e. The minimum absolute atomic E-state index is 0.445. The third-order valence-corrected chi connectivity index (χ3v) is 4.01. The molecule has 0 amide bonds. The van der Waals surface area contributed by atoms with Crippen LogP contribution in [0, 0.1) is 11.8 Å². The summed E-state index contributed by atoms with van der Waals surface area (Å²) in [5, 5.41) is 0. The van der Waals surface area contributed by atoms with Crippen LogP contribution in [0.15, 0.2) is 0 Å². The van der Waals surface area contributed by atoms with Crippen LogP contribution in [0.4, 0.5) is 0 Å². The summed E-state index contributed by atoms with van der Waals surface area (Å²) in [6, 6.07) is 0.793. The molecule has 1 aliphatic carbocycles. The van der Waals surface area contributed by atoms with Crippen LogP contribution in [-0.2, 0) is 4.79 Å². The van der Waals surface area contributed by atoms with Crippen molar-refractivity contribution in [2.45, 2.75) is 31.7 Å². The molecule has 0 aromatic carbocycles. The second kappa shape index (κ2) is 2.32. The summed E-state index contributed by atoms with van der Waals surface area (Å²) in [5.74, 6) is 1.74. The minimum atomic E-state index is 0.445. The molecule has 1 saturated carbocycles. The molecule has 3 atom stereocenters. The number of fused-ring (bicyclic) bond motifs is 1. The highest BCUT2D eigenvalue weighted by molar-refractivity contribution is 5.82. The van der Waals surface area contributed by atoms with Crippen molar-refractivity contribution in [1.29, 1.82) is 0 Å². The maximum absolute atomic E-state index is 11.6. The van der Waals surface area contributed by atoms with Gasteiger partial charge in [-0.1, -0.05) is 0 Å². The lowest BCUT2D eigenvalue weighted by molar-refractivity contribution is -0.129. The van der Waals surface area contributed by atoms with Gasteiger partial charge in [-0.2, -0.15) is 0 Å². The number of nitrogens with zero attached hydrogens (tertiary/aromatic N) is 1. The molecule has 0 spiro atoms. The van der Waals surface area contributed by atoms with E-state index in [0.29, 0.717) is 11.7 Å². The van der Waals surface area contributed by atoms with Gasteiger partial charge in [0.2, 0.25) is 0 Å². The van der Waals surface area contributed by atoms with Crippen LogP contribution >= 0.6 is 0 Å². The molecule has 2 nitrogen and oxygen atoms in total. The molecule has 66 valence electrons. The van der Waals surface area contributed by atoms with Gasteiger partial charge in [0, 0.05) is 18.4 Å².